The summed E-state index contributed by atoms with van der Waals surface area (Å²) in [7, 11) is 1.88. The molecule has 1 atom stereocenters. The molecule has 0 aliphatic carbocycles. The van der Waals surface area contributed by atoms with Crippen molar-refractivity contribution in [1.82, 2.24) is 14.8 Å². The Kier molecular flexibility index (Phi) is 6.75. The van der Waals surface area contributed by atoms with Gasteiger partial charge in [-0.05, 0) is 55.3 Å². The first-order chi connectivity index (χ1) is 13.5. The van der Waals surface area contributed by atoms with E-state index in [2.05, 4.69) is 29.3 Å². The molecule has 1 aromatic heterocycles. The first kappa shape index (κ1) is 20.4. The number of halogens is 1. The number of nitrogens with zero attached hydrogens (tertiary/aromatic N) is 3. The first-order valence-electron chi connectivity index (χ1n) is 9.04. The number of ketones is 1. The summed E-state index contributed by atoms with van der Waals surface area (Å²) in [5, 5.41) is 9.74. The van der Waals surface area contributed by atoms with E-state index in [0.29, 0.717) is 21.6 Å². The standard InChI is InChI=1S/C21H22ClN3O2S/c1-4-15-5-11-18(12-6-15)27-14(2)20-23-24-21(25(20)3)28-13-19(26)16-7-9-17(22)10-8-16/h5-12,14H,4,13H2,1-3H3. The summed E-state index contributed by atoms with van der Waals surface area (Å²) in [5.41, 5.74) is 1.90. The van der Waals surface area contributed by atoms with Gasteiger partial charge in [0.2, 0.25) is 0 Å². The fourth-order valence-electron chi connectivity index (χ4n) is 2.72. The van der Waals surface area contributed by atoms with Gasteiger partial charge in [0.15, 0.2) is 22.9 Å². The van der Waals surface area contributed by atoms with E-state index < -0.39 is 0 Å². The number of carbonyl (C=O) groups is 1. The van der Waals surface area contributed by atoms with Gasteiger partial charge >= 0.3 is 0 Å². The molecule has 0 fully saturated rings. The summed E-state index contributed by atoms with van der Waals surface area (Å²) in [4.78, 5) is 12.3. The maximum atomic E-state index is 12.3. The second kappa shape index (κ2) is 9.26. The molecule has 0 spiro atoms. The summed E-state index contributed by atoms with van der Waals surface area (Å²) in [5.74, 6) is 1.80. The Morgan fingerprint density at radius 2 is 1.82 bits per heavy atom. The summed E-state index contributed by atoms with van der Waals surface area (Å²) in [6, 6.07) is 14.9. The Hall–Kier alpha value is -2.31. The van der Waals surface area contributed by atoms with Crippen LogP contribution in [-0.2, 0) is 13.5 Å². The van der Waals surface area contributed by atoms with Crippen LogP contribution in [0.15, 0.2) is 53.7 Å². The SMILES string of the molecule is CCc1ccc(OC(C)c2nnc(SCC(=O)c3ccc(Cl)cc3)n2C)cc1. The van der Waals surface area contributed by atoms with Gasteiger partial charge in [-0.1, -0.05) is 42.4 Å². The number of hydrogen-bond donors (Lipinski definition) is 0. The minimum atomic E-state index is -0.258. The largest absolute Gasteiger partial charge is 0.483 e. The third-order valence-corrected chi connectivity index (χ3v) is 5.65. The van der Waals surface area contributed by atoms with Crippen molar-refractivity contribution in [3.05, 3.63) is 70.5 Å². The molecule has 0 amide bonds. The van der Waals surface area contributed by atoms with Crippen LogP contribution in [0, 0.1) is 0 Å². The Bertz CT molecular complexity index is 939. The third-order valence-electron chi connectivity index (χ3n) is 4.38. The van der Waals surface area contributed by atoms with E-state index in [-0.39, 0.29) is 17.6 Å². The zero-order chi connectivity index (χ0) is 20.1. The lowest BCUT2D eigenvalue weighted by atomic mass is 10.1. The summed E-state index contributed by atoms with van der Waals surface area (Å²) in [6.45, 7) is 4.06. The molecule has 1 unspecified atom stereocenters. The van der Waals surface area contributed by atoms with Crippen LogP contribution in [0.5, 0.6) is 5.75 Å². The molecule has 3 aromatic rings. The van der Waals surface area contributed by atoms with E-state index in [1.54, 1.807) is 24.3 Å². The van der Waals surface area contributed by atoms with Crippen LogP contribution in [0.1, 0.15) is 41.7 Å². The zero-order valence-electron chi connectivity index (χ0n) is 16.1. The number of ether oxygens (including phenoxy) is 1. The average Bonchev–Trinajstić information content (AvgIpc) is 3.08. The lowest BCUT2D eigenvalue weighted by Gasteiger charge is -2.14. The van der Waals surface area contributed by atoms with E-state index in [1.165, 1.54) is 17.3 Å². The molecule has 5 nitrogen and oxygen atoms in total. The molecule has 7 heteroatoms. The van der Waals surface area contributed by atoms with E-state index in [0.717, 1.165) is 12.2 Å². The minimum Gasteiger partial charge on any atom is -0.483 e. The van der Waals surface area contributed by atoms with Crippen molar-refractivity contribution in [2.24, 2.45) is 7.05 Å². The first-order valence-corrected chi connectivity index (χ1v) is 10.4. The van der Waals surface area contributed by atoms with Gasteiger partial charge < -0.3 is 9.30 Å². The third kappa shape index (κ3) is 4.94. The number of thioether (sulfide) groups is 1. The molecule has 2 aromatic carbocycles. The predicted octanol–water partition coefficient (Wildman–Crippen LogP) is 5.15. The van der Waals surface area contributed by atoms with Crippen LogP contribution in [0.4, 0.5) is 0 Å². The number of Topliss-reactive ketones (excluding diaryl/α,β-unsaturated/α-hetero) is 1. The van der Waals surface area contributed by atoms with Crippen molar-refractivity contribution in [3.8, 4) is 5.75 Å². The van der Waals surface area contributed by atoms with Crippen LogP contribution in [-0.4, -0.2) is 26.3 Å². The molecule has 0 radical (unpaired) electrons. The van der Waals surface area contributed by atoms with Crippen LogP contribution >= 0.6 is 23.4 Å². The van der Waals surface area contributed by atoms with Crippen molar-refractivity contribution in [2.45, 2.75) is 31.5 Å². The average molecular weight is 416 g/mol. The molecule has 0 saturated heterocycles. The highest BCUT2D eigenvalue weighted by atomic mass is 35.5. The van der Waals surface area contributed by atoms with Crippen molar-refractivity contribution >= 4 is 29.1 Å². The van der Waals surface area contributed by atoms with Gasteiger partial charge in [0.1, 0.15) is 5.75 Å². The Labute approximate surface area is 174 Å². The predicted molar refractivity (Wildman–Crippen MR) is 112 cm³/mol. The van der Waals surface area contributed by atoms with Crippen molar-refractivity contribution < 1.29 is 9.53 Å². The molecule has 0 aliphatic rings. The number of aryl methyl sites for hydroxylation is 1. The Morgan fingerprint density at radius 1 is 1.14 bits per heavy atom. The van der Waals surface area contributed by atoms with Gasteiger partial charge in [-0.3, -0.25) is 4.79 Å². The Morgan fingerprint density at radius 3 is 2.46 bits per heavy atom. The van der Waals surface area contributed by atoms with Crippen LogP contribution in [0.25, 0.3) is 0 Å². The number of carbonyl (C=O) groups excluding carboxylic acids is 1. The highest BCUT2D eigenvalue weighted by Gasteiger charge is 2.18. The molecular weight excluding hydrogens is 394 g/mol. The quantitative estimate of drug-likeness (QED) is 0.376. The number of aromatic nitrogens is 3. The molecule has 1 heterocycles. The van der Waals surface area contributed by atoms with Crippen LogP contribution in [0.3, 0.4) is 0 Å². The number of rotatable bonds is 8. The van der Waals surface area contributed by atoms with Crippen molar-refractivity contribution in [2.75, 3.05) is 5.75 Å². The smallest absolute Gasteiger partial charge is 0.191 e. The van der Waals surface area contributed by atoms with Gasteiger partial charge in [0.05, 0.1) is 5.75 Å². The van der Waals surface area contributed by atoms with Crippen molar-refractivity contribution in [3.63, 3.8) is 0 Å². The lowest BCUT2D eigenvalue weighted by molar-refractivity contribution is 0.102. The highest BCUT2D eigenvalue weighted by molar-refractivity contribution is 7.99. The van der Waals surface area contributed by atoms with Crippen molar-refractivity contribution in [1.29, 1.82) is 0 Å². The lowest BCUT2D eigenvalue weighted by Crippen LogP contribution is -2.10. The molecule has 146 valence electrons. The highest BCUT2D eigenvalue weighted by Crippen LogP contribution is 2.24. The molecule has 0 saturated carbocycles. The topological polar surface area (TPSA) is 57.0 Å². The molecule has 3 rings (SSSR count). The monoisotopic (exact) mass is 415 g/mol. The normalized spacial score (nSPS) is 12.0. The van der Waals surface area contributed by atoms with Crippen LogP contribution < -0.4 is 4.74 Å². The second-order valence-corrected chi connectivity index (χ2v) is 7.76. The number of benzene rings is 2. The van der Waals surface area contributed by atoms with E-state index in [1.807, 2.05) is 30.7 Å². The van der Waals surface area contributed by atoms with E-state index in [4.69, 9.17) is 16.3 Å². The molecular formula is C21H22ClN3O2S. The maximum absolute atomic E-state index is 12.3. The maximum Gasteiger partial charge on any atom is 0.191 e. The van der Waals surface area contributed by atoms with Gasteiger partial charge in [-0.15, -0.1) is 10.2 Å². The van der Waals surface area contributed by atoms with Crippen LogP contribution in [0.2, 0.25) is 5.02 Å². The van der Waals surface area contributed by atoms with Gasteiger partial charge in [-0.2, -0.15) is 0 Å². The Balaban J connectivity index is 1.62. The molecule has 0 aliphatic heterocycles. The molecule has 0 N–H and O–H groups in total. The second-order valence-electron chi connectivity index (χ2n) is 6.38. The number of hydrogen-bond acceptors (Lipinski definition) is 5. The summed E-state index contributed by atoms with van der Waals surface area (Å²) < 4.78 is 7.85. The van der Waals surface area contributed by atoms with Gasteiger partial charge in [-0.25, -0.2) is 0 Å². The van der Waals surface area contributed by atoms with E-state index >= 15 is 0 Å². The fourth-order valence-corrected chi connectivity index (χ4v) is 3.65. The van der Waals surface area contributed by atoms with Gasteiger partial charge in [0, 0.05) is 17.6 Å². The summed E-state index contributed by atoms with van der Waals surface area (Å²) >= 11 is 7.22. The molecule has 0 bridgehead atoms. The van der Waals surface area contributed by atoms with E-state index in [9.17, 15) is 4.79 Å². The summed E-state index contributed by atoms with van der Waals surface area (Å²) in [6.07, 6.45) is 0.736. The fraction of sp³-hybridized carbons (Fsp3) is 0.286. The molecule has 28 heavy (non-hydrogen) atoms. The van der Waals surface area contributed by atoms with Gasteiger partial charge in [0.25, 0.3) is 0 Å². The zero-order valence-corrected chi connectivity index (χ0v) is 17.6. The minimum absolute atomic E-state index is 0.0199.